The van der Waals surface area contributed by atoms with Crippen LogP contribution < -0.4 is 10.6 Å². The predicted molar refractivity (Wildman–Crippen MR) is 93.6 cm³/mol. The first-order valence-electron chi connectivity index (χ1n) is 8.29. The third-order valence-corrected chi connectivity index (χ3v) is 4.17. The van der Waals surface area contributed by atoms with Crippen LogP contribution in [0, 0.1) is 0 Å². The lowest BCUT2D eigenvalue weighted by molar-refractivity contribution is 0.0601. The monoisotopic (exact) mass is 326 g/mol. The molecule has 0 atom stereocenters. The van der Waals surface area contributed by atoms with Crippen LogP contribution in [0.1, 0.15) is 42.5 Å². The van der Waals surface area contributed by atoms with Gasteiger partial charge in [0.25, 0.3) is 0 Å². The van der Waals surface area contributed by atoms with E-state index in [1.165, 1.54) is 39.2 Å². The van der Waals surface area contributed by atoms with Gasteiger partial charge in [-0.1, -0.05) is 19.3 Å². The predicted octanol–water partition coefficient (Wildman–Crippen LogP) is 3.75. The van der Waals surface area contributed by atoms with Crippen molar-refractivity contribution in [3.05, 3.63) is 42.1 Å². The second kappa shape index (κ2) is 7.77. The van der Waals surface area contributed by atoms with Crippen LogP contribution in [0.4, 0.5) is 17.5 Å². The first-order valence-corrected chi connectivity index (χ1v) is 8.29. The van der Waals surface area contributed by atoms with Gasteiger partial charge in [-0.2, -0.15) is 4.98 Å². The molecule has 1 heterocycles. The van der Waals surface area contributed by atoms with Gasteiger partial charge in [0.05, 0.1) is 12.7 Å². The van der Waals surface area contributed by atoms with Gasteiger partial charge in [0.2, 0.25) is 5.95 Å². The van der Waals surface area contributed by atoms with Gasteiger partial charge in [0.1, 0.15) is 5.82 Å². The van der Waals surface area contributed by atoms with E-state index in [4.69, 9.17) is 4.74 Å². The van der Waals surface area contributed by atoms with E-state index >= 15 is 0 Å². The second-order valence-corrected chi connectivity index (χ2v) is 5.94. The second-order valence-electron chi connectivity index (χ2n) is 5.94. The van der Waals surface area contributed by atoms with E-state index < -0.39 is 0 Å². The summed E-state index contributed by atoms with van der Waals surface area (Å²) in [6.45, 7) is 0. The smallest absolute Gasteiger partial charge is 0.337 e. The molecule has 0 unspecified atom stereocenters. The zero-order valence-corrected chi connectivity index (χ0v) is 13.8. The number of carbonyl (C=O) groups is 1. The number of esters is 1. The van der Waals surface area contributed by atoms with Gasteiger partial charge in [0, 0.05) is 17.9 Å². The molecule has 1 saturated carbocycles. The minimum absolute atomic E-state index is 0.345. The lowest BCUT2D eigenvalue weighted by atomic mass is 9.96. The highest BCUT2D eigenvalue weighted by atomic mass is 16.5. The Kier molecular flexibility index (Phi) is 5.25. The lowest BCUT2D eigenvalue weighted by Gasteiger charge is -2.22. The Labute approximate surface area is 141 Å². The molecule has 1 fully saturated rings. The molecule has 0 saturated heterocycles. The molecule has 0 bridgehead atoms. The number of rotatable bonds is 5. The fourth-order valence-corrected chi connectivity index (χ4v) is 2.88. The number of hydrogen-bond acceptors (Lipinski definition) is 6. The maximum Gasteiger partial charge on any atom is 0.337 e. The van der Waals surface area contributed by atoms with Gasteiger partial charge < -0.3 is 15.4 Å². The molecule has 24 heavy (non-hydrogen) atoms. The molecule has 1 aliphatic carbocycles. The van der Waals surface area contributed by atoms with Crippen molar-refractivity contribution < 1.29 is 9.53 Å². The van der Waals surface area contributed by atoms with E-state index in [9.17, 15) is 4.79 Å². The van der Waals surface area contributed by atoms with Crippen molar-refractivity contribution in [3.63, 3.8) is 0 Å². The van der Waals surface area contributed by atoms with Gasteiger partial charge >= 0.3 is 5.97 Å². The van der Waals surface area contributed by atoms with Crippen molar-refractivity contribution in [3.8, 4) is 0 Å². The van der Waals surface area contributed by atoms with Gasteiger partial charge in [-0.05, 0) is 43.2 Å². The number of nitrogens with zero attached hydrogens (tertiary/aromatic N) is 2. The average molecular weight is 326 g/mol. The number of carbonyl (C=O) groups excluding carboxylic acids is 1. The zero-order chi connectivity index (χ0) is 16.8. The van der Waals surface area contributed by atoms with Crippen LogP contribution in [0.3, 0.4) is 0 Å². The summed E-state index contributed by atoms with van der Waals surface area (Å²) in [5, 5.41) is 6.64. The Morgan fingerprint density at radius 3 is 2.58 bits per heavy atom. The third kappa shape index (κ3) is 4.22. The van der Waals surface area contributed by atoms with Gasteiger partial charge in [0.15, 0.2) is 0 Å². The maximum absolute atomic E-state index is 11.4. The van der Waals surface area contributed by atoms with E-state index in [1.54, 1.807) is 18.3 Å². The summed E-state index contributed by atoms with van der Waals surface area (Å²) in [7, 11) is 1.37. The van der Waals surface area contributed by atoms with E-state index in [1.807, 2.05) is 18.2 Å². The maximum atomic E-state index is 11.4. The van der Waals surface area contributed by atoms with E-state index in [0.29, 0.717) is 23.4 Å². The Hall–Kier alpha value is -2.63. The summed E-state index contributed by atoms with van der Waals surface area (Å²) in [5.41, 5.74) is 1.37. The summed E-state index contributed by atoms with van der Waals surface area (Å²) in [6.07, 6.45) is 7.95. The summed E-state index contributed by atoms with van der Waals surface area (Å²) >= 11 is 0. The van der Waals surface area contributed by atoms with Crippen molar-refractivity contribution in [2.45, 2.75) is 38.1 Å². The number of methoxy groups -OCH3 is 1. The largest absolute Gasteiger partial charge is 0.465 e. The van der Waals surface area contributed by atoms with E-state index in [2.05, 4.69) is 20.6 Å². The zero-order valence-electron chi connectivity index (χ0n) is 13.8. The summed E-state index contributed by atoms with van der Waals surface area (Å²) in [5.74, 6) is 1.02. The van der Waals surface area contributed by atoms with Gasteiger partial charge in [-0.3, -0.25) is 0 Å². The molecular weight excluding hydrogens is 304 g/mol. The first-order chi connectivity index (χ1) is 11.7. The highest BCUT2D eigenvalue weighted by Gasteiger charge is 2.14. The Morgan fingerprint density at radius 2 is 1.88 bits per heavy atom. The van der Waals surface area contributed by atoms with Crippen LogP contribution >= 0.6 is 0 Å². The summed E-state index contributed by atoms with van der Waals surface area (Å²) in [6, 6.07) is 9.37. The number of aromatic nitrogens is 2. The van der Waals surface area contributed by atoms with Crippen LogP contribution in [-0.2, 0) is 4.74 Å². The van der Waals surface area contributed by atoms with E-state index in [0.717, 1.165) is 5.69 Å². The van der Waals surface area contributed by atoms with Crippen LogP contribution in [0.2, 0.25) is 0 Å². The Bertz CT molecular complexity index is 682. The number of benzene rings is 1. The molecule has 0 aliphatic heterocycles. The number of hydrogen-bond donors (Lipinski definition) is 2. The SMILES string of the molecule is COC(=O)c1ccc(Nc2ccnc(NC3CCCCC3)n2)cc1. The van der Waals surface area contributed by atoms with Crippen molar-refractivity contribution in [1.29, 1.82) is 0 Å². The molecule has 6 heteroatoms. The molecule has 2 N–H and O–H groups in total. The van der Waals surface area contributed by atoms with Crippen molar-refractivity contribution >= 4 is 23.4 Å². The fourth-order valence-electron chi connectivity index (χ4n) is 2.88. The van der Waals surface area contributed by atoms with Crippen molar-refractivity contribution in [2.24, 2.45) is 0 Å². The lowest BCUT2D eigenvalue weighted by Crippen LogP contribution is -2.23. The summed E-state index contributed by atoms with van der Waals surface area (Å²) < 4.78 is 4.69. The van der Waals surface area contributed by atoms with Crippen molar-refractivity contribution in [2.75, 3.05) is 17.7 Å². The molecule has 0 amide bonds. The Morgan fingerprint density at radius 1 is 1.12 bits per heavy atom. The molecule has 1 aliphatic rings. The fraction of sp³-hybridized carbons (Fsp3) is 0.389. The molecule has 1 aromatic heterocycles. The number of ether oxygens (including phenoxy) is 1. The van der Waals surface area contributed by atoms with Crippen LogP contribution in [0.5, 0.6) is 0 Å². The molecule has 126 valence electrons. The molecule has 1 aromatic carbocycles. The summed E-state index contributed by atoms with van der Waals surface area (Å²) in [4.78, 5) is 20.3. The minimum atomic E-state index is -0.345. The average Bonchev–Trinajstić information content (AvgIpc) is 2.63. The Balaban J connectivity index is 1.64. The molecule has 0 radical (unpaired) electrons. The topological polar surface area (TPSA) is 76.1 Å². The molecule has 6 nitrogen and oxygen atoms in total. The highest BCUT2D eigenvalue weighted by Crippen LogP contribution is 2.21. The van der Waals surface area contributed by atoms with Crippen molar-refractivity contribution in [1.82, 2.24) is 9.97 Å². The quantitative estimate of drug-likeness (QED) is 0.815. The van der Waals surface area contributed by atoms with Crippen LogP contribution in [-0.4, -0.2) is 29.1 Å². The molecule has 0 spiro atoms. The van der Waals surface area contributed by atoms with Crippen LogP contribution in [0.25, 0.3) is 0 Å². The molecule has 3 rings (SSSR count). The standard InChI is InChI=1S/C18H22N4O2/c1-24-17(23)13-7-9-15(10-8-13)20-16-11-12-19-18(22-16)21-14-5-3-2-4-6-14/h7-12,14H,2-6H2,1H3,(H2,19,20,21,22). The number of anilines is 3. The van der Waals surface area contributed by atoms with Gasteiger partial charge in [-0.15, -0.1) is 0 Å². The normalized spacial score (nSPS) is 14.9. The molecule has 2 aromatic rings. The number of nitrogens with one attached hydrogen (secondary N) is 2. The minimum Gasteiger partial charge on any atom is -0.465 e. The third-order valence-electron chi connectivity index (χ3n) is 4.17. The highest BCUT2D eigenvalue weighted by molar-refractivity contribution is 5.89. The van der Waals surface area contributed by atoms with Gasteiger partial charge in [-0.25, -0.2) is 9.78 Å². The molecular formula is C18H22N4O2. The van der Waals surface area contributed by atoms with Crippen LogP contribution in [0.15, 0.2) is 36.5 Å². The van der Waals surface area contributed by atoms with E-state index in [-0.39, 0.29) is 5.97 Å². The first kappa shape index (κ1) is 16.2.